The van der Waals surface area contributed by atoms with Crippen molar-refractivity contribution in [2.45, 2.75) is 78.6 Å². The summed E-state index contributed by atoms with van der Waals surface area (Å²) in [6, 6.07) is 36.2. The summed E-state index contributed by atoms with van der Waals surface area (Å²) in [6.07, 6.45) is 2.36. The minimum Gasteiger partial charge on any atom is -0.382 e. The molecule has 0 saturated carbocycles. The first-order valence-electron chi connectivity index (χ1n) is 18.7. The van der Waals surface area contributed by atoms with Crippen molar-refractivity contribution in [3.05, 3.63) is 114 Å². The van der Waals surface area contributed by atoms with Crippen LogP contribution in [0.25, 0.3) is 81.8 Å². The van der Waals surface area contributed by atoms with Crippen LogP contribution in [0.3, 0.4) is 0 Å². The van der Waals surface area contributed by atoms with Gasteiger partial charge in [-0.05, 0) is 107 Å². The fourth-order valence-electron chi connectivity index (χ4n) is 9.81. The Labute approximate surface area is 300 Å². The summed E-state index contributed by atoms with van der Waals surface area (Å²) in [5.74, 6) is 0. The van der Waals surface area contributed by atoms with Gasteiger partial charge in [-0.3, -0.25) is 0 Å². The number of aromatic nitrogens is 2. The van der Waals surface area contributed by atoms with Gasteiger partial charge in [-0.1, -0.05) is 129 Å². The monoisotopic (exact) mass is 658 g/mol. The van der Waals surface area contributed by atoms with E-state index in [1.807, 2.05) is 0 Å². The van der Waals surface area contributed by atoms with Gasteiger partial charge in [0.25, 0.3) is 0 Å². The first kappa shape index (κ1) is 29.7. The molecule has 0 bridgehead atoms. The SMILES string of the molecule is CC(C)(C)c1cc2ccc3c4c5c(c6ccc(c1)c2c36)-n1c2ccc(C(C)(C)C)cc2c2cc(C(C)(C)C)cc(c21)B5n1ccc2cccc-4c21. The zero-order chi connectivity index (χ0) is 35.1. The van der Waals surface area contributed by atoms with Gasteiger partial charge in [0.05, 0.1) is 16.7 Å². The molecule has 2 nitrogen and oxygen atoms in total. The highest BCUT2D eigenvalue weighted by molar-refractivity contribution is 6.90. The van der Waals surface area contributed by atoms with E-state index in [4.69, 9.17) is 0 Å². The van der Waals surface area contributed by atoms with E-state index in [1.54, 1.807) is 0 Å². The Morgan fingerprint density at radius 2 is 1.18 bits per heavy atom. The summed E-state index contributed by atoms with van der Waals surface area (Å²) in [4.78, 5) is 0. The van der Waals surface area contributed by atoms with Crippen LogP contribution in [0.15, 0.2) is 97.2 Å². The molecule has 0 unspecified atom stereocenters. The molecule has 0 aliphatic carbocycles. The van der Waals surface area contributed by atoms with Crippen molar-refractivity contribution in [1.29, 1.82) is 0 Å². The summed E-state index contributed by atoms with van der Waals surface area (Å²) < 4.78 is 5.28. The van der Waals surface area contributed by atoms with Crippen molar-refractivity contribution in [1.82, 2.24) is 9.05 Å². The fourth-order valence-corrected chi connectivity index (χ4v) is 9.81. The molecule has 2 aliphatic rings. The first-order chi connectivity index (χ1) is 24.2. The van der Waals surface area contributed by atoms with Crippen LogP contribution < -0.4 is 10.9 Å². The number of fused-ring (bicyclic) bond motifs is 9. The largest absolute Gasteiger partial charge is 0.382 e. The van der Waals surface area contributed by atoms with Crippen LogP contribution in [-0.2, 0) is 16.2 Å². The number of rotatable bonds is 0. The predicted molar refractivity (Wildman–Crippen MR) is 222 cm³/mol. The van der Waals surface area contributed by atoms with Crippen LogP contribution in [-0.4, -0.2) is 15.9 Å². The third kappa shape index (κ3) is 3.65. The maximum absolute atomic E-state index is 2.68. The van der Waals surface area contributed by atoms with Crippen LogP contribution in [0.1, 0.15) is 79.0 Å². The van der Waals surface area contributed by atoms with Gasteiger partial charge >= 0.3 is 6.85 Å². The van der Waals surface area contributed by atoms with E-state index < -0.39 is 0 Å². The molecular weight excluding hydrogens is 615 g/mol. The second-order valence-corrected chi connectivity index (χ2v) is 18.7. The highest BCUT2D eigenvalue weighted by Crippen LogP contribution is 2.49. The normalized spacial score (nSPS) is 14.3. The fraction of sp³-hybridized carbons (Fsp3) is 0.250. The molecule has 0 saturated heterocycles. The molecule has 2 aromatic heterocycles. The number of hydrogen-bond acceptors (Lipinski definition) is 0. The van der Waals surface area contributed by atoms with Crippen LogP contribution in [0.5, 0.6) is 0 Å². The predicted octanol–water partition coefficient (Wildman–Crippen LogP) is 11.5. The van der Waals surface area contributed by atoms with Gasteiger partial charge in [-0.25, -0.2) is 0 Å². The number of para-hydroxylation sites is 1. The standard InChI is InChI=1S/C48H43BN2/c1-46(2,3)29-15-18-38-35(23-29)36-24-31(48(7,8)9)25-37-44(36)51(38)45-34-17-14-28-22-30(47(4,5)6)21-27-13-16-32(40(34)39(27)28)41-33-12-10-11-26-19-20-50(43(26)33)49(37)42(41)45/h10-25H,1-9H3. The zero-order valence-corrected chi connectivity index (χ0v) is 31.2. The molecule has 7 aromatic carbocycles. The lowest BCUT2D eigenvalue weighted by molar-refractivity contribution is 0.590. The maximum atomic E-state index is 2.68. The van der Waals surface area contributed by atoms with Crippen LogP contribution in [0.4, 0.5) is 0 Å². The van der Waals surface area contributed by atoms with Crippen molar-refractivity contribution < 1.29 is 0 Å². The Morgan fingerprint density at radius 3 is 1.88 bits per heavy atom. The highest BCUT2D eigenvalue weighted by Gasteiger charge is 2.43. The lowest BCUT2D eigenvalue weighted by atomic mass is 9.45. The lowest BCUT2D eigenvalue weighted by Crippen LogP contribution is -2.55. The molecule has 9 aromatic rings. The molecule has 3 heteroatoms. The molecule has 0 amide bonds. The average Bonchev–Trinajstić information content (AvgIpc) is 3.66. The van der Waals surface area contributed by atoms with Crippen LogP contribution in [0.2, 0.25) is 0 Å². The van der Waals surface area contributed by atoms with Crippen molar-refractivity contribution in [2.75, 3.05) is 0 Å². The summed E-state index contributed by atoms with van der Waals surface area (Å²) >= 11 is 0. The molecule has 11 rings (SSSR count). The summed E-state index contributed by atoms with van der Waals surface area (Å²) in [6.45, 7) is 21.1. The van der Waals surface area contributed by atoms with E-state index in [1.165, 1.54) is 109 Å². The quantitative estimate of drug-likeness (QED) is 0.113. The van der Waals surface area contributed by atoms with Gasteiger partial charge in [0.2, 0.25) is 0 Å². The highest BCUT2D eigenvalue weighted by atomic mass is 15.0. The molecule has 0 fully saturated rings. The zero-order valence-electron chi connectivity index (χ0n) is 31.2. The molecule has 2 aliphatic heterocycles. The Morgan fingerprint density at radius 1 is 0.510 bits per heavy atom. The van der Waals surface area contributed by atoms with Gasteiger partial charge < -0.3 is 9.05 Å². The van der Waals surface area contributed by atoms with Gasteiger partial charge in [-0.15, -0.1) is 0 Å². The first-order valence-corrected chi connectivity index (χ1v) is 18.7. The Bertz CT molecular complexity index is 3000. The van der Waals surface area contributed by atoms with Gasteiger partial charge in [-0.2, -0.15) is 0 Å². The molecule has 0 atom stereocenters. The topological polar surface area (TPSA) is 9.86 Å². The smallest absolute Gasteiger partial charge is 0.332 e. The van der Waals surface area contributed by atoms with E-state index in [2.05, 4.69) is 169 Å². The minimum absolute atomic E-state index is 0.00177. The van der Waals surface area contributed by atoms with Crippen molar-refractivity contribution in [3.63, 3.8) is 0 Å². The molecule has 248 valence electrons. The Kier molecular flexibility index (Phi) is 5.28. The molecule has 0 radical (unpaired) electrons. The Hall–Kier alpha value is -5.02. The maximum Gasteiger partial charge on any atom is 0.332 e. The number of nitrogens with zero attached hydrogens (tertiary/aromatic N) is 2. The van der Waals surface area contributed by atoms with Crippen molar-refractivity contribution in [3.8, 4) is 16.8 Å². The Balaban J connectivity index is 1.42. The molecule has 51 heavy (non-hydrogen) atoms. The summed E-state index contributed by atoms with van der Waals surface area (Å²) in [5, 5.41) is 12.2. The summed E-state index contributed by atoms with van der Waals surface area (Å²) in [5.41, 5.74) is 15.2. The van der Waals surface area contributed by atoms with E-state index in [0.29, 0.717) is 0 Å². The molecular formula is C48H43BN2. The molecule has 0 spiro atoms. The van der Waals surface area contributed by atoms with E-state index in [9.17, 15) is 0 Å². The molecule has 0 N–H and O–H groups in total. The number of benzene rings is 7. The minimum atomic E-state index is 0.00177. The third-order valence-electron chi connectivity index (χ3n) is 12.5. The van der Waals surface area contributed by atoms with E-state index in [-0.39, 0.29) is 23.1 Å². The summed E-state index contributed by atoms with van der Waals surface area (Å²) in [7, 11) is 0. The van der Waals surface area contributed by atoms with Gasteiger partial charge in [0, 0.05) is 32.6 Å². The van der Waals surface area contributed by atoms with Crippen molar-refractivity contribution in [2.24, 2.45) is 0 Å². The second-order valence-electron chi connectivity index (χ2n) is 18.7. The van der Waals surface area contributed by atoms with E-state index in [0.717, 1.165) is 0 Å². The lowest BCUT2D eigenvalue weighted by Gasteiger charge is -2.36. The average molecular weight is 659 g/mol. The van der Waals surface area contributed by atoms with Crippen molar-refractivity contribution >= 4 is 82.8 Å². The second kappa shape index (κ2) is 9.06. The van der Waals surface area contributed by atoms with Gasteiger partial charge in [0.1, 0.15) is 0 Å². The third-order valence-corrected chi connectivity index (χ3v) is 12.5. The van der Waals surface area contributed by atoms with Gasteiger partial charge in [0.15, 0.2) is 0 Å². The van der Waals surface area contributed by atoms with Crippen LogP contribution in [0, 0.1) is 0 Å². The van der Waals surface area contributed by atoms with E-state index >= 15 is 0 Å². The number of hydrogen-bond donors (Lipinski definition) is 0. The molecule has 4 heterocycles. The van der Waals surface area contributed by atoms with Crippen LogP contribution >= 0.6 is 0 Å².